The van der Waals surface area contributed by atoms with E-state index in [1.165, 1.54) is 44.5 Å². The van der Waals surface area contributed by atoms with E-state index in [-0.39, 0.29) is 11.7 Å². The largest absolute Gasteiger partial charge is 0.368 e. The number of nitrogens with one attached hydrogen (secondary N) is 1. The topological polar surface area (TPSA) is 82.0 Å². The van der Waals surface area contributed by atoms with Gasteiger partial charge in [-0.1, -0.05) is 6.42 Å². The van der Waals surface area contributed by atoms with E-state index in [0.717, 1.165) is 38.3 Å². The molecule has 0 bridgehead atoms. The van der Waals surface area contributed by atoms with Crippen LogP contribution in [0.15, 0.2) is 24.3 Å². The third-order valence-electron chi connectivity index (χ3n) is 5.37. The second-order valence-electron chi connectivity index (χ2n) is 7.24. The minimum Gasteiger partial charge on any atom is -0.368 e. The number of non-ortho nitro benzene ring substituents is 1. The molecule has 0 radical (unpaired) electrons. The molecule has 8 heteroatoms. The maximum absolute atomic E-state index is 12.3. The van der Waals surface area contributed by atoms with Crippen LogP contribution in [0.3, 0.4) is 0 Å². The molecule has 1 aromatic carbocycles. The van der Waals surface area contributed by atoms with Crippen molar-refractivity contribution >= 4 is 17.4 Å². The van der Waals surface area contributed by atoms with Gasteiger partial charge in [-0.2, -0.15) is 0 Å². The second kappa shape index (κ2) is 9.55. The van der Waals surface area contributed by atoms with Gasteiger partial charge in [-0.15, -0.1) is 0 Å². The Morgan fingerprint density at radius 2 is 1.67 bits per heavy atom. The second-order valence-corrected chi connectivity index (χ2v) is 7.24. The van der Waals surface area contributed by atoms with Gasteiger partial charge in [-0.3, -0.25) is 10.1 Å². The Hall–Kier alpha value is -2.35. The molecule has 2 aliphatic heterocycles. The van der Waals surface area contributed by atoms with E-state index in [1.54, 1.807) is 12.1 Å². The van der Waals surface area contributed by atoms with Gasteiger partial charge in [-0.05, 0) is 51.0 Å². The summed E-state index contributed by atoms with van der Waals surface area (Å²) in [4.78, 5) is 29.2. The van der Waals surface area contributed by atoms with Crippen molar-refractivity contribution in [3.63, 3.8) is 0 Å². The first kappa shape index (κ1) is 19.4. The third kappa shape index (κ3) is 5.56. The molecular weight excluding hydrogens is 346 g/mol. The van der Waals surface area contributed by atoms with Crippen LogP contribution in [0.2, 0.25) is 0 Å². The number of piperidine rings is 1. The lowest BCUT2D eigenvalue weighted by molar-refractivity contribution is -0.384. The van der Waals surface area contributed by atoms with Crippen LogP contribution >= 0.6 is 0 Å². The van der Waals surface area contributed by atoms with Crippen LogP contribution < -0.4 is 10.2 Å². The minimum absolute atomic E-state index is 0.0111. The van der Waals surface area contributed by atoms with Crippen molar-refractivity contribution in [1.82, 2.24) is 15.1 Å². The maximum Gasteiger partial charge on any atom is 0.317 e. The average Bonchev–Trinajstić information content (AvgIpc) is 2.72. The predicted molar refractivity (Wildman–Crippen MR) is 105 cm³/mol. The molecule has 2 amide bonds. The molecule has 0 aromatic heterocycles. The normalized spacial score (nSPS) is 18.4. The first-order valence-corrected chi connectivity index (χ1v) is 9.88. The molecule has 8 nitrogen and oxygen atoms in total. The highest BCUT2D eigenvalue weighted by atomic mass is 16.6. The van der Waals surface area contributed by atoms with Crippen LogP contribution in [-0.2, 0) is 0 Å². The molecule has 1 N–H and O–H groups in total. The molecular formula is C19H29N5O3. The van der Waals surface area contributed by atoms with Gasteiger partial charge in [0, 0.05) is 50.5 Å². The van der Waals surface area contributed by atoms with Crippen molar-refractivity contribution in [2.45, 2.75) is 25.7 Å². The summed E-state index contributed by atoms with van der Waals surface area (Å²) in [5, 5.41) is 13.8. The number of likely N-dealkylation sites (tertiary alicyclic amines) is 1. The molecule has 2 aliphatic rings. The number of urea groups is 1. The number of benzene rings is 1. The molecule has 0 saturated carbocycles. The van der Waals surface area contributed by atoms with Gasteiger partial charge in [0.2, 0.25) is 0 Å². The van der Waals surface area contributed by atoms with Gasteiger partial charge in [0.25, 0.3) is 5.69 Å². The lowest BCUT2D eigenvalue weighted by atomic mass is 10.1. The zero-order valence-corrected chi connectivity index (χ0v) is 15.8. The van der Waals surface area contributed by atoms with Crippen LogP contribution in [-0.4, -0.2) is 73.1 Å². The van der Waals surface area contributed by atoms with Crippen molar-refractivity contribution in [2.75, 3.05) is 57.3 Å². The summed E-state index contributed by atoms with van der Waals surface area (Å²) < 4.78 is 0. The first-order chi connectivity index (χ1) is 13.1. The Bertz CT molecular complexity index is 623. The molecule has 148 valence electrons. The van der Waals surface area contributed by atoms with E-state index in [0.29, 0.717) is 13.1 Å². The highest BCUT2D eigenvalue weighted by molar-refractivity contribution is 5.74. The Kier molecular flexibility index (Phi) is 6.86. The molecule has 0 unspecified atom stereocenters. The van der Waals surface area contributed by atoms with Crippen LogP contribution in [0, 0.1) is 10.1 Å². The van der Waals surface area contributed by atoms with Gasteiger partial charge in [0.1, 0.15) is 0 Å². The first-order valence-electron chi connectivity index (χ1n) is 9.88. The molecule has 2 fully saturated rings. The fourth-order valence-electron chi connectivity index (χ4n) is 3.75. The summed E-state index contributed by atoms with van der Waals surface area (Å²) >= 11 is 0. The quantitative estimate of drug-likeness (QED) is 0.469. The summed E-state index contributed by atoms with van der Waals surface area (Å²) in [5.41, 5.74) is 1.06. The smallest absolute Gasteiger partial charge is 0.317 e. The number of nitro benzene ring substituents is 1. The van der Waals surface area contributed by atoms with Crippen molar-refractivity contribution in [3.8, 4) is 0 Å². The van der Waals surface area contributed by atoms with E-state index in [2.05, 4.69) is 15.1 Å². The molecule has 2 heterocycles. The van der Waals surface area contributed by atoms with Gasteiger partial charge >= 0.3 is 6.03 Å². The van der Waals surface area contributed by atoms with E-state index >= 15 is 0 Å². The maximum atomic E-state index is 12.3. The van der Waals surface area contributed by atoms with E-state index in [4.69, 9.17) is 0 Å². The number of hydrogen-bond acceptors (Lipinski definition) is 5. The number of anilines is 1. The Morgan fingerprint density at radius 3 is 2.30 bits per heavy atom. The summed E-state index contributed by atoms with van der Waals surface area (Å²) in [6.07, 6.45) is 4.93. The molecule has 0 atom stereocenters. The van der Waals surface area contributed by atoms with Crippen molar-refractivity contribution in [3.05, 3.63) is 34.4 Å². The Morgan fingerprint density at radius 1 is 1.00 bits per heavy atom. The van der Waals surface area contributed by atoms with Crippen LogP contribution in [0.5, 0.6) is 0 Å². The van der Waals surface area contributed by atoms with Gasteiger partial charge in [0.15, 0.2) is 0 Å². The molecule has 2 saturated heterocycles. The van der Waals surface area contributed by atoms with E-state index < -0.39 is 4.92 Å². The van der Waals surface area contributed by atoms with Gasteiger partial charge < -0.3 is 20.0 Å². The average molecular weight is 375 g/mol. The number of carbonyl (C=O) groups is 1. The molecule has 0 spiro atoms. The number of nitro groups is 1. The van der Waals surface area contributed by atoms with E-state index in [1.807, 2.05) is 4.90 Å². The third-order valence-corrected chi connectivity index (χ3v) is 5.37. The van der Waals surface area contributed by atoms with Crippen molar-refractivity contribution < 1.29 is 9.72 Å². The zero-order valence-electron chi connectivity index (χ0n) is 15.8. The minimum atomic E-state index is -0.392. The summed E-state index contributed by atoms with van der Waals surface area (Å²) in [5.74, 6) is 0. The number of hydrogen-bond donors (Lipinski definition) is 1. The van der Waals surface area contributed by atoms with Crippen LogP contribution in [0.25, 0.3) is 0 Å². The summed E-state index contributed by atoms with van der Waals surface area (Å²) in [6, 6.07) is 6.60. The van der Waals surface area contributed by atoms with Gasteiger partial charge in [-0.25, -0.2) is 4.79 Å². The van der Waals surface area contributed by atoms with E-state index in [9.17, 15) is 14.9 Å². The fraction of sp³-hybridized carbons (Fsp3) is 0.632. The van der Waals surface area contributed by atoms with Crippen molar-refractivity contribution in [2.24, 2.45) is 0 Å². The number of carbonyl (C=O) groups excluding carboxylic acids is 1. The highest BCUT2D eigenvalue weighted by Crippen LogP contribution is 2.20. The lowest BCUT2D eigenvalue weighted by Crippen LogP contribution is -2.52. The Labute approximate surface area is 160 Å². The van der Waals surface area contributed by atoms with Crippen molar-refractivity contribution in [1.29, 1.82) is 0 Å². The summed E-state index contributed by atoms with van der Waals surface area (Å²) in [7, 11) is 0. The molecule has 27 heavy (non-hydrogen) atoms. The lowest BCUT2D eigenvalue weighted by Gasteiger charge is -2.36. The number of piperazine rings is 1. The number of amides is 2. The highest BCUT2D eigenvalue weighted by Gasteiger charge is 2.21. The van der Waals surface area contributed by atoms with Crippen LogP contribution in [0.4, 0.5) is 16.2 Å². The number of nitrogens with zero attached hydrogens (tertiary/aromatic N) is 4. The molecule has 0 aliphatic carbocycles. The number of rotatable bonds is 6. The standard InChI is InChI=1S/C19H29N5O3/c25-19(20-9-4-12-21-10-2-1-3-11-21)23-15-13-22(14-16-23)17-5-7-18(8-6-17)24(26)27/h5-8H,1-4,9-16H2,(H,20,25). The Balaban J connectivity index is 1.35. The fourth-order valence-corrected chi connectivity index (χ4v) is 3.75. The van der Waals surface area contributed by atoms with Gasteiger partial charge in [0.05, 0.1) is 4.92 Å². The zero-order chi connectivity index (χ0) is 19.1. The van der Waals surface area contributed by atoms with Crippen LogP contribution in [0.1, 0.15) is 25.7 Å². The predicted octanol–water partition coefficient (Wildman–Crippen LogP) is 2.30. The molecule has 3 rings (SSSR count). The SMILES string of the molecule is O=C(NCCCN1CCCCC1)N1CCN(c2ccc([N+](=O)[O-])cc2)CC1. The monoisotopic (exact) mass is 375 g/mol. The molecule has 1 aromatic rings. The summed E-state index contributed by atoms with van der Waals surface area (Å²) in [6.45, 7) is 6.96.